The summed E-state index contributed by atoms with van der Waals surface area (Å²) in [6, 6.07) is 4.57. The summed E-state index contributed by atoms with van der Waals surface area (Å²) in [5, 5.41) is 1.12. The molecule has 2 aliphatic heterocycles. The number of nitrogens with one attached hydrogen (secondary N) is 1. The van der Waals surface area contributed by atoms with Crippen molar-refractivity contribution in [1.82, 2.24) is 19.8 Å². The van der Waals surface area contributed by atoms with E-state index in [2.05, 4.69) is 41.0 Å². The van der Waals surface area contributed by atoms with Crippen molar-refractivity contribution in [3.05, 3.63) is 24.5 Å². The fraction of sp³-hybridized carbons (Fsp3) is 0.579. The summed E-state index contributed by atoms with van der Waals surface area (Å²) in [5.41, 5.74) is 2.06. The lowest BCUT2D eigenvalue weighted by atomic mass is 9.92. The number of H-pyrrole nitrogens is 1. The molecule has 2 saturated heterocycles. The van der Waals surface area contributed by atoms with Gasteiger partial charge in [0, 0.05) is 62.7 Å². The number of hydrogen-bond donors (Lipinski definition) is 1. The van der Waals surface area contributed by atoms with Crippen LogP contribution in [0.25, 0.3) is 11.0 Å². The Morgan fingerprint density at radius 2 is 2.08 bits per heavy atom. The Morgan fingerprint density at radius 1 is 1.27 bits per heavy atom. The van der Waals surface area contributed by atoms with E-state index in [0.717, 1.165) is 36.2 Å². The number of pyridine rings is 1. The maximum Gasteiger partial charge on any atom is 0.320 e. The molecule has 2 atom stereocenters. The maximum absolute atomic E-state index is 12.9. The molecule has 1 N–H and O–H groups in total. The number of likely N-dealkylation sites (N-methyl/N-ethyl adjacent to an activating group) is 1. The molecule has 0 radical (unpaired) electrons. The van der Waals surface area contributed by atoms with Crippen LogP contribution in [0.1, 0.15) is 13.3 Å². The van der Waals surface area contributed by atoms with Gasteiger partial charge < -0.3 is 24.4 Å². The van der Waals surface area contributed by atoms with E-state index in [1.807, 2.05) is 22.2 Å². The van der Waals surface area contributed by atoms with Crippen LogP contribution in [0.3, 0.4) is 0 Å². The van der Waals surface area contributed by atoms with Gasteiger partial charge in [-0.1, -0.05) is 6.92 Å². The van der Waals surface area contributed by atoms with Crippen LogP contribution in [0.2, 0.25) is 0 Å². The Hall–Kier alpha value is -2.28. The molecule has 2 aliphatic rings. The number of rotatable bonds is 2. The number of urea groups is 1. The molecule has 2 fully saturated rings. The van der Waals surface area contributed by atoms with Gasteiger partial charge in [0.25, 0.3) is 0 Å². The first-order chi connectivity index (χ1) is 12.6. The van der Waals surface area contributed by atoms with Gasteiger partial charge in [0.05, 0.1) is 13.2 Å². The normalized spacial score (nSPS) is 24.1. The zero-order valence-electron chi connectivity index (χ0n) is 15.5. The third-order valence-corrected chi connectivity index (χ3v) is 5.79. The number of nitrogens with zero attached hydrogens (tertiary/aromatic N) is 4. The predicted molar refractivity (Wildman–Crippen MR) is 101 cm³/mol. The molecular weight excluding hydrogens is 330 g/mol. The molecule has 2 amide bonds. The molecule has 0 saturated carbocycles. The number of carbonyl (C=O) groups is 1. The van der Waals surface area contributed by atoms with E-state index >= 15 is 0 Å². The molecule has 2 aromatic rings. The van der Waals surface area contributed by atoms with Crippen LogP contribution >= 0.6 is 0 Å². The van der Waals surface area contributed by atoms with Gasteiger partial charge in [-0.15, -0.1) is 0 Å². The number of morpholine rings is 1. The number of carbonyl (C=O) groups excluding carboxylic acids is 1. The van der Waals surface area contributed by atoms with E-state index in [0.29, 0.717) is 32.2 Å². The number of hydrogen-bond acceptors (Lipinski definition) is 4. The van der Waals surface area contributed by atoms with E-state index in [4.69, 9.17) is 4.74 Å². The Bertz CT molecular complexity index is 770. The Kier molecular flexibility index (Phi) is 4.72. The first-order valence-electron chi connectivity index (χ1n) is 9.41. The Labute approximate surface area is 153 Å². The van der Waals surface area contributed by atoms with Gasteiger partial charge >= 0.3 is 6.03 Å². The van der Waals surface area contributed by atoms with Crippen LogP contribution in [0.4, 0.5) is 10.5 Å². The van der Waals surface area contributed by atoms with Gasteiger partial charge in [0.2, 0.25) is 0 Å². The van der Waals surface area contributed by atoms with Crippen LogP contribution in [-0.4, -0.2) is 78.3 Å². The zero-order chi connectivity index (χ0) is 18.1. The quantitative estimate of drug-likeness (QED) is 0.895. The van der Waals surface area contributed by atoms with Crippen molar-refractivity contribution in [3.8, 4) is 0 Å². The standard InChI is InChI=1S/C19H27N5O2/c1-14-5-8-24(19(25)23-9-11-26-12-10-23)13-17(14)22(2)16-4-7-21-18-15(16)3-6-20-18/h3-4,6-7,14,17H,5,8-13H2,1-2H3,(H,20,21)/t14-,17+/m1/s1. The number of anilines is 1. The summed E-state index contributed by atoms with van der Waals surface area (Å²) in [6.45, 7) is 6.54. The third-order valence-electron chi connectivity index (χ3n) is 5.79. The number of aromatic amines is 1. The van der Waals surface area contributed by atoms with E-state index in [1.54, 1.807) is 0 Å². The van der Waals surface area contributed by atoms with Crippen molar-refractivity contribution in [3.63, 3.8) is 0 Å². The second-order valence-electron chi connectivity index (χ2n) is 7.34. The average Bonchev–Trinajstić information content (AvgIpc) is 3.17. The minimum Gasteiger partial charge on any atom is -0.378 e. The van der Waals surface area contributed by atoms with E-state index < -0.39 is 0 Å². The number of piperidine rings is 1. The number of aromatic nitrogens is 2. The summed E-state index contributed by atoms with van der Waals surface area (Å²) in [6.07, 6.45) is 4.79. The molecule has 2 aromatic heterocycles. The van der Waals surface area contributed by atoms with Crippen molar-refractivity contribution < 1.29 is 9.53 Å². The minimum atomic E-state index is 0.153. The Balaban J connectivity index is 1.53. The first kappa shape index (κ1) is 17.1. The fourth-order valence-corrected chi connectivity index (χ4v) is 4.11. The molecule has 0 aliphatic carbocycles. The van der Waals surface area contributed by atoms with Gasteiger partial charge in [-0.25, -0.2) is 9.78 Å². The summed E-state index contributed by atoms with van der Waals surface area (Å²) < 4.78 is 5.38. The van der Waals surface area contributed by atoms with Crippen molar-refractivity contribution in [2.24, 2.45) is 5.92 Å². The molecule has 140 valence electrons. The lowest BCUT2D eigenvalue weighted by molar-refractivity contribution is 0.0391. The van der Waals surface area contributed by atoms with Crippen molar-refractivity contribution >= 4 is 22.8 Å². The minimum absolute atomic E-state index is 0.153. The number of likely N-dealkylation sites (tertiary alicyclic amines) is 1. The lowest BCUT2D eigenvalue weighted by Crippen LogP contribution is -2.56. The Morgan fingerprint density at radius 3 is 2.88 bits per heavy atom. The highest BCUT2D eigenvalue weighted by Crippen LogP contribution is 2.30. The molecule has 0 spiro atoms. The number of fused-ring (bicyclic) bond motifs is 1. The summed E-state index contributed by atoms with van der Waals surface area (Å²) >= 11 is 0. The van der Waals surface area contributed by atoms with Gasteiger partial charge in [0.1, 0.15) is 5.65 Å². The lowest BCUT2D eigenvalue weighted by Gasteiger charge is -2.44. The summed E-state index contributed by atoms with van der Waals surface area (Å²) in [4.78, 5) is 26.7. The molecule has 0 bridgehead atoms. The SMILES string of the molecule is C[C@@H]1CCN(C(=O)N2CCOCC2)C[C@@H]1N(C)c1ccnc2[nH]ccc12. The first-order valence-corrected chi connectivity index (χ1v) is 9.41. The highest BCUT2D eigenvalue weighted by atomic mass is 16.5. The molecule has 26 heavy (non-hydrogen) atoms. The van der Waals surface area contributed by atoms with Crippen LogP contribution in [0.15, 0.2) is 24.5 Å². The second-order valence-corrected chi connectivity index (χ2v) is 7.34. The van der Waals surface area contributed by atoms with Gasteiger partial charge in [0.15, 0.2) is 0 Å². The van der Waals surface area contributed by atoms with E-state index in [1.165, 1.54) is 0 Å². The molecular formula is C19H27N5O2. The van der Waals surface area contributed by atoms with Crippen molar-refractivity contribution in [2.75, 3.05) is 51.3 Å². The molecule has 7 heteroatoms. The van der Waals surface area contributed by atoms with Gasteiger partial charge in [-0.2, -0.15) is 0 Å². The second kappa shape index (κ2) is 7.15. The largest absolute Gasteiger partial charge is 0.378 e. The monoisotopic (exact) mass is 357 g/mol. The highest BCUT2D eigenvalue weighted by molar-refractivity contribution is 5.89. The summed E-state index contributed by atoms with van der Waals surface area (Å²) in [5.74, 6) is 0.524. The third kappa shape index (κ3) is 3.11. The van der Waals surface area contributed by atoms with E-state index in [-0.39, 0.29) is 12.1 Å². The molecule has 0 unspecified atom stereocenters. The molecule has 4 heterocycles. The topological polar surface area (TPSA) is 64.7 Å². The van der Waals surface area contributed by atoms with Crippen LogP contribution in [0, 0.1) is 5.92 Å². The molecule has 4 rings (SSSR count). The van der Waals surface area contributed by atoms with Gasteiger partial charge in [-0.05, 0) is 24.5 Å². The maximum atomic E-state index is 12.9. The zero-order valence-corrected chi connectivity index (χ0v) is 15.5. The highest BCUT2D eigenvalue weighted by Gasteiger charge is 2.34. The van der Waals surface area contributed by atoms with Crippen molar-refractivity contribution in [2.45, 2.75) is 19.4 Å². The average molecular weight is 357 g/mol. The fourth-order valence-electron chi connectivity index (χ4n) is 4.11. The van der Waals surface area contributed by atoms with Crippen LogP contribution < -0.4 is 4.90 Å². The number of ether oxygens (including phenoxy) is 1. The van der Waals surface area contributed by atoms with Crippen molar-refractivity contribution in [1.29, 1.82) is 0 Å². The summed E-state index contributed by atoms with van der Waals surface area (Å²) in [7, 11) is 2.13. The number of amides is 2. The molecule has 7 nitrogen and oxygen atoms in total. The van der Waals surface area contributed by atoms with Crippen LogP contribution in [0.5, 0.6) is 0 Å². The van der Waals surface area contributed by atoms with Crippen LogP contribution in [-0.2, 0) is 4.74 Å². The molecule has 0 aromatic carbocycles. The van der Waals surface area contributed by atoms with Gasteiger partial charge in [-0.3, -0.25) is 0 Å². The predicted octanol–water partition coefficient (Wildman–Crippen LogP) is 2.16. The smallest absolute Gasteiger partial charge is 0.320 e. The van der Waals surface area contributed by atoms with E-state index in [9.17, 15) is 4.79 Å².